The van der Waals surface area contributed by atoms with E-state index in [1.807, 2.05) is 17.9 Å². The third kappa shape index (κ3) is 3.18. The van der Waals surface area contributed by atoms with E-state index in [4.69, 9.17) is 5.73 Å². The predicted octanol–water partition coefficient (Wildman–Crippen LogP) is 2.24. The number of rotatable bonds is 5. The highest BCUT2D eigenvalue weighted by atomic mass is 19.3. The van der Waals surface area contributed by atoms with Gasteiger partial charge in [0.1, 0.15) is 5.71 Å². The Morgan fingerprint density at radius 2 is 2.36 bits per heavy atom. The maximum absolute atomic E-state index is 13.2. The Hall–Kier alpha value is -2.18. The monoisotopic (exact) mass is 309 g/mol. The van der Waals surface area contributed by atoms with Gasteiger partial charge in [0, 0.05) is 37.5 Å². The fourth-order valence-corrected chi connectivity index (χ4v) is 2.66. The van der Waals surface area contributed by atoms with E-state index in [0.717, 1.165) is 24.2 Å². The van der Waals surface area contributed by atoms with Crippen LogP contribution in [-0.4, -0.2) is 40.6 Å². The van der Waals surface area contributed by atoms with Crippen LogP contribution in [-0.2, 0) is 13.0 Å². The number of imidazole rings is 1. The van der Waals surface area contributed by atoms with Crippen LogP contribution in [0.15, 0.2) is 34.9 Å². The molecule has 3 N–H and O–H groups in total. The second-order valence-electron chi connectivity index (χ2n) is 4.99. The molecule has 22 heavy (non-hydrogen) atoms. The van der Waals surface area contributed by atoms with Crippen molar-refractivity contribution in [2.24, 2.45) is 10.7 Å². The number of fused-ring (bicyclic) bond motifs is 1. The summed E-state index contributed by atoms with van der Waals surface area (Å²) < 4.78 is 26.4. The molecule has 0 aliphatic carbocycles. The van der Waals surface area contributed by atoms with Gasteiger partial charge in [0.15, 0.2) is 0 Å². The summed E-state index contributed by atoms with van der Waals surface area (Å²) in [6.45, 7) is 3.27. The molecule has 1 aromatic rings. The third-order valence-electron chi connectivity index (χ3n) is 3.68. The number of nitrogens with two attached hydrogens (primary N) is 1. The highest BCUT2D eigenvalue weighted by Crippen LogP contribution is 2.26. The minimum absolute atomic E-state index is 0.280. The summed E-state index contributed by atoms with van der Waals surface area (Å²) >= 11 is 0. The second-order valence-corrected chi connectivity index (χ2v) is 4.99. The summed E-state index contributed by atoms with van der Waals surface area (Å²) in [5.41, 5.74) is 8.39. The van der Waals surface area contributed by atoms with Crippen LogP contribution < -0.4 is 5.73 Å². The van der Waals surface area contributed by atoms with Crippen molar-refractivity contribution in [1.82, 2.24) is 14.9 Å². The summed E-state index contributed by atoms with van der Waals surface area (Å²) in [5, 5.41) is 0. The molecule has 0 spiro atoms. The van der Waals surface area contributed by atoms with Gasteiger partial charge in [-0.2, -0.15) is 0 Å². The minimum Gasteiger partial charge on any atom is -0.404 e. The van der Waals surface area contributed by atoms with Crippen LogP contribution in [0.5, 0.6) is 0 Å². The zero-order valence-electron chi connectivity index (χ0n) is 12.8. The summed E-state index contributed by atoms with van der Waals surface area (Å²) in [4.78, 5) is 13.1. The number of allylic oxidation sites excluding steroid dienone is 2. The quantitative estimate of drug-likeness (QED) is 0.647. The molecule has 0 amide bonds. The van der Waals surface area contributed by atoms with Crippen LogP contribution in [0.1, 0.15) is 24.7 Å². The zero-order chi connectivity index (χ0) is 16.1. The Balaban J connectivity index is 2.33. The van der Waals surface area contributed by atoms with Gasteiger partial charge >= 0.3 is 0 Å². The molecule has 2 heterocycles. The van der Waals surface area contributed by atoms with Crippen molar-refractivity contribution in [3.63, 3.8) is 0 Å². The smallest absolute Gasteiger partial charge is 0.280 e. The fourth-order valence-electron chi connectivity index (χ4n) is 2.66. The maximum Gasteiger partial charge on any atom is 0.280 e. The molecule has 1 aromatic heterocycles. The van der Waals surface area contributed by atoms with Crippen LogP contribution in [0.25, 0.3) is 0 Å². The molecule has 120 valence electrons. The molecular formula is C15H21F2N5. The van der Waals surface area contributed by atoms with E-state index in [-0.39, 0.29) is 5.71 Å². The minimum atomic E-state index is -2.66. The number of aromatic amines is 1. The maximum atomic E-state index is 13.2. The van der Waals surface area contributed by atoms with Crippen molar-refractivity contribution in [3.8, 4) is 0 Å². The molecule has 1 aliphatic heterocycles. The first-order valence-electron chi connectivity index (χ1n) is 7.26. The zero-order valence-corrected chi connectivity index (χ0v) is 12.8. The van der Waals surface area contributed by atoms with Crippen LogP contribution in [0.4, 0.5) is 8.78 Å². The Labute approximate surface area is 128 Å². The van der Waals surface area contributed by atoms with Crippen molar-refractivity contribution < 1.29 is 8.78 Å². The van der Waals surface area contributed by atoms with Gasteiger partial charge in [0.25, 0.3) is 6.43 Å². The molecule has 7 heteroatoms. The van der Waals surface area contributed by atoms with Crippen molar-refractivity contribution in [3.05, 3.63) is 41.3 Å². The molecular weight excluding hydrogens is 288 g/mol. The molecule has 0 aromatic carbocycles. The molecule has 0 atom stereocenters. The highest BCUT2D eigenvalue weighted by Gasteiger charge is 2.26. The van der Waals surface area contributed by atoms with Gasteiger partial charge < -0.3 is 15.6 Å². The second kappa shape index (κ2) is 7.20. The van der Waals surface area contributed by atoms with Crippen molar-refractivity contribution in [1.29, 1.82) is 0 Å². The van der Waals surface area contributed by atoms with E-state index in [2.05, 4.69) is 15.0 Å². The SMILES string of the molecule is CC/C=C(\C(=C\N)C(=NC)C(F)F)N1CCc2nc[nH]c2C1. The predicted molar refractivity (Wildman–Crippen MR) is 82.7 cm³/mol. The largest absolute Gasteiger partial charge is 0.404 e. The third-order valence-corrected chi connectivity index (χ3v) is 3.68. The molecule has 2 rings (SSSR count). The molecule has 0 saturated heterocycles. The number of alkyl halides is 2. The van der Waals surface area contributed by atoms with Gasteiger partial charge in [-0.3, -0.25) is 4.99 Å². The molecule has 0 unspecified atom stereocenters. The van der Waals surface area contributed by atoms with E-state index >= 15 is 0 Å². The van der Waals surface area contributed by atoms with Crippen LogP contribution in [0.3, 0.4) is 0 Å². The van der Waals surface area contributed by atoms with Gasteiger partial charge in [0.05, 0.1) is 24.3 Å². The van der Waals surface area contributed by atoms with Gasteiger partial charge in [-0.25, -0.2) is 13.8 Å². The number of aromatic nitrogens is 2. The molecule has 0 saturated carbocycles. The highest BCUT2D eigenvalue weighted by molar-refractivity contribution is 6.05. The van der Waals surface area contributed by atoms with Gasteiger partial charge in [-0.05, 0) is 6.42 Å². The Morgan fingerprint density at radius 1 is 1.59 bits per heavy atom. The number of hydrogen-bond donors (Lipinski definition) is 2. The number of hydrogen-bond acceptors (Lipinski definition) is 4. The Morgan fingerprint density at radius 3 is 2.95 bits per heavy atom. The molecule has 0 bridgehead atoms. The molecule has 1 aliphatic rings. The standard InChI is InChI=1S/C15H21F2N5/c1-3-4-13(10(7-18)14(19-2)15(16)17)22-6-5-11-12(8-22)21-9-20-11/h4,7,9,15H,3,5-6,8,18H2,1-2H3,(H,20,21)/b10-7-,13-4+,19-14?. The van der Waals surface area contributed by atoms with Crippen LogP contribution in [0.2, 0.25) is 0 Å². The van der Waals surface area contributed by atoms with Gasteiger partial charge in [-0.1, -0.05) is 13.0 Å². The first kappa shape index (κ1) is 16.2. The van der Waals surface area contributed by atoms with Crippen LogP contribution in [0, 0.1) is 0 Å². The van der Waals surface area contributed by atoms with E-state index in [0.29, 0.717) is 24.4 Å². The lowest BCUT2D eigenvalue weighted by Crippen LogP contribution is -2.33. The Bertz CT molecular complexity index is 601. The van der Waals surface area contributed by atoms with E-state index in [1.165, 1.54) is 13.2 Å². The van der Waals surface area contributed by atoms with Crippen molar-refractivity contribution >= 4 is 5.71 Å². The topological polar surface area (TPSA) is 70.3 Å². The number of halogens is 2. The fraction of sp³-hybridized carbons (Fsp3) is 0.467. The number of H-pyrrole nitrogens is 1. The van der Waals surface area contributed by atoms with Gasteiger partial charge in [0.2, 0.25) is 0 Å². The molecule has 0 radical (unpaired) electrons. The van der Waals surface area contributed by atoms with E-state index < -0.39 is 6.43 Å². The summed E-state index contributed by atoms with van der Waals surface area (Å²) in [6.07, 6.45) is 3.62. The number of nitrogens with one attached hydrogen (secondary N) is 1. The first-order chi connectivity index (χ1) is 10.6. The summed E-state index contributed by atoms with van der Waals surface area (Å²) in [5.74, 6) is 0. The summed E-state index contributed by atoms with van der Waals surface area (Å²) in [7, 11) is 1.36. The average Bonchev–Trinajstić information content (AvgIpc) is 2.97. The lowest BCUT2D eigenvalue weighted by atomic mass is 10.0. The van der Waals surface area contributed by atoms with E-state index in [1.54, 1.807) is 6.33 Å². The van der Waals surface area contributed by atoms with Crippen molar-refractivity contribution in [2.45, 2.75) is 32.7 Å². The molecule has 5 nitrogen and oxygen atoms in total. The lowest BCUT2D eigenvalue weighted by Gasteiger charge is -2.32. The van der Waals surface area contributed by atoms with Gasteiger partial charge in [-0.15, -0.1) is 0 Å². The average molecular weight is 309 g/mol. The van der Waals surface area contributed by atoms with Crippen molar-refractivity contribution in [2.75, 3.05) is 13.6 Å². The number of aliphatic imine (C=N–C) groups is 1. The Kier molecular flexibility index (Phi) is 5.30. The number of nitrogens with zero attached hydrogens (tertiary/aromatic N) is 3. The van der Waals surface area contributed by atoms with Crippen LogP contribution >= 0.6 is 0 Å². The molecule has 0 fully saturated rings. The first-order valence-corrected chi connectivity index (χ1v) is 7.26. The lowest BCUT2D eigenvalue weighted by molar-refractivity contribution is 0.225. The summed E-state index contributed by atoms with van der Waals surface area (Å²) in [6, 6.07) is 0. The normalized spacial score (nSPS) is 17.1. The van der Waals surface area contributed by atoms with E-state index in [9.17, 15) is 8.78 Å².